The van der Waals surface area contributed by atoms with Gasteiger partial charge in [0.2, 0.25) is 0 Å². The van der Waals surface area contributed by atoms with Crippen LogP contribution >= 0.6 is 0 Å². The van der Waals surface area contributed by atoms with Crippen molar-refractivity contribution in [1.29, 1.82) is 0 Å². The molecule has 2 atom stereocenters. The molecule has 0 aromatic rings. The first kappa shape index (κ1) is 8.02. The van der Waals surface area contributed by atoms with Crippen LogP contribution in [0.25, 0.3) is 0 Å². The summed E-state index contributed by atoms with van der Waals surface area (Å²) in [7, 11) is 0. The van der Waals surface area contributed by atoms with Gasteiger partial charge in [0.15, 0.2) is 0 Å². The molecule has 1 aliphatic heterocycles. The van der Waals surface area contributed by atoms with Crippen LogP contribution in [0.1, 0.15) is 26.7 Å². The highest BCUT2D eigenvalue weighted by atomic mass is 16.5. The first-order chi connectivity index (χ1) is 4.70. The molecule has 0 aromatic carbocycles. The van der Waals surface area contributed by atoms with Crippen molar-refractivity contribution in [3.8, 4) is 0 Å². The number of aliphatic hydroxyl groups excluding tert-OH is 1. The van der Waals surface area contributed by atoms with Crippen LogP contribution < -0.4 is 0 Å². The average molecular weight is 144 g/mol. The zero-order valence-electron chi connectivity index (χ0n) is 6.71. The van der Waals surface area contributed by atoms with Crippen LogP contribution in [0.5, 0.6) is 0 Å². The van der Waals surface area contributed by atoms with Gasteiger partial charge in [-0.15, -0.1) is 0 Å². The molecule has 1 rings (SSSR count). The number of ether oxygens (including phenoxy) is 1. The maximum atomic E-state index is 9.25. The molecule has 1 N–H and O–H groups in total. The molecule has 0 unspecified atom stereocenters. The highest BCUT2D eigenvalue weighted by Gasteiger charge is 2.22. The van der Waals surface area contributed by atoms with Crippen LogP contribution in [-0.2, 0) is 4.74 Å². The molecule has 0 aliphatic carbocycles. The zero-order valence-corrected chi connectivity index (χ0v) is 6.71. The summed E-state index contributed by atoms with van der Waals surface area (Å²) in [6.07, 6.45) is 1.78. The third-order valence-electron chi connectivity index (χ3n) is 2.03. The van der Waals surface area contributed by atoms with E-state index in [1.54, 1.807) is 0 Å². The second kappa shape index (κ2) is 3.35. The predicted molar refractivity (Wildman–Crippen MR) is 39.8 cm³/mol. The van der Waals surface area contributed by atoms with Crippen LogP contribution in [0.2, 0.25) is 0 Å². The minimum Gasteiger partial charge on any atom is -0.393 e. The Morgan fingerprint density at radius 1 is 1.50 bits per heavy atom. The van der Waals surface area contributed by atoms with Crippen molar-refractivity contribution >= 4 is 0 Å². The maximum absolute atomic E-state index is 9.25. The molecule has 2 nitrogen and oxygen atoms in total. The molecule has 2 heteroatoms. The van der Waals surface area contributed by atoms with Crippen molar-refractivity contribution in [2.75, 3.05) is 6.61 Å². The van der Waals surface area contributed by atoms with Gasteiger partial charge in [0, 0.05) is 6.61 Å². The molecule has 0 saturated carbocycles. The van der Waals surface area contributed by atoms with E-state index in [4.69, 9.17) is 4.74 Å². The number of hydrogen-bond donors (Lipinski definition) is 1. The molecule has 1 aliphatic rings. The van der Waals surface area contributed by atoms with Crippen molar-refractivity contribution in [2.24, 2.45) is 5.92 Å². The summed E-state index contributed by atoms with van der Waals surface area (Å²) in [5, 5.41) is 9.25. The van der Waals surface area contributed by atoms with E-state index in [-0.39, 0.29) is 12.2 Å². The molecule has 60 valence electrons. The van der Waals surface area contributed by atoms with E-state index in [0.717, 1.165) is 19.4 Å². The Hall–Kier alpha value is -0.0800. The normalized spacial score (nSPS) is 34.8. The van der Waals surface area contributed by atoms with E-state index in [1.165, 1.54) is 0 Å². The molecule has 1 saturated heterocycles. The summed E-state index contributed by atoms with van der Waals surface area (Å²) in [5.41, 5.74) is 0. The Morgan fingerprint density at radius 2 is 2.20 bits per heavy atom. The van der Waals surface area contributed by atoms with Gasteiger partial charge in [-0.25, -0.2) is 0 Å². The van der Waals surface area contributed by atoms with Gasteiger partial charge in [0.1, 0.15) is 0 Å². The molecule has 0 bridgehead atoms. The molecule has 0 radical (unpaired) electrons. The van der Waals surface area contributed by atoms with Gasteiger partial charge >= 0.3 is 0 Å². The van der Waals surface area contributed by atoms with Crippen molar-refractivity contribution in [2.45, 2.75) is 38.9 Å². The topological polar surface area (TPSA) is 29.5 Å². The van der Waals surface area contributed by atoms with E-state index in [1.807, 2.05) is 0 Å². The number of hydrogen-bond acceptors (Lipinski definition) is 2. The van der Waals surface area contributed by atoms with Gasteiger partial charge in [-0.2, -0.15) is 0 Å². The minimum absolute atomic E-state index is 0.124. The van der Waals surface area contributed by atoms with E-state index in [9.17, 15) is 5.11 Å². The molecule has 0 amide bonds. The number of rotatable bonds is 1. The molecule has 0 spiro atoms. The maximum Gasteiger partial charge on any atom is 0.0622 e. The van der Waals surface area contributed by atoms with Crippen LogP contribution in [0, 0.1) is 5.92 Å². The molecular weight excluding hydrogens is 128 g/mol. The SMILES string of the molecule is CC(C)[C@@H]1C[C@@H](O)CCO1. The minimum atomic E-state index is -0.124. The van der Waals surface area contributed by atoms with Gasteiger partial charge in [-0.3, -0.25) is 0 Å². The van der Waals surface area contributed by atoms with Gasteiger partial charge in [0.05, 0.1) is 12.2 Å². The van der Waals surface area contributed by atoms with E-state index in [0.29, 0.717) is 5.92 Å². The van der Waals surface area contributed by atoms with Crippen molar-refractivity contribution in [1.82, 2.24) is 0 Å². The monoisotopic (exact) mass is 144 g/mol. The Bertz CT molecular complexity index is 101. The lowest BCUT2D eigenvalue weighted by molar-refractivity contribution is -0.0627. The highest BCUT2D eigenvalue weighted by molar-refractivity contribution is 4.72. The summed E-state index contributed by atoms with van der Waals surface area (Å²) >= 11 is 0. The third kappa shape index (κ3) is 1.96. The van der Waals surface area contributed by atoms with Gasteiger partial charge in [-0.1, -0.05) is 13.8 Å². The van der Waals surface area contributed by atoms with Crippen LogP contribution in [0.4, 0.5) is 0 Å². The lowest BCUT2D eigenvalue weighted by Crippen LogP contribution is -2.32. The Labute approximate surface area is 62.2 Å². The van der Waals surface area contributed by atoms with Gasteiger partial charge < -0.3 is 9.84 Å². The summed E-state index contributed by atoms with van der Waals surface area (Å²) in [5.74, 6) is 0.537. The second-order valence-corrected chi connectivity index (χ2v) is 3.33. The van der Waals surface area contributed by atoms with Gasteiger partial charge in [0.25, 0.3) is 0 Å². The fourth-order valence-corrected chi connectivity index (χ4v) is 1.27. The van der Waals surface area contributed by atoms with Crippen molar-refractivity contribution in [3.63, 3.8) is 0 Å². The highest BCUT2D eigenvalue weighted by Crippen LogP contribution is 2.19. The van der Waals surface area contributed by atoms with Gasteiger partial charge in [-0.05, 0) is 18.8 Å². The fraction of sp³-hybridized carbons (Fsp3) is 1.00. The van der Waals surface area contributed by atoms with E-state index < -0.39 is 0 Å². The summed E-state index contributed by atoms with van der Waals surface area (Å²) in [6, 6.07) is 0. The molecular formula is C8H16O2. The smallest absolute Gasteiger partial charge is 0.0622 e. The standard InChI is InChI=1S/C8H16O2/c1-6(2)8-5-7(9)3-4-10-8/h6-9H,3-5H2,1-2H3/t7-,8-/m0/s1. The zero-order chi connectivity index (χ0) is 7.56. The Balaban J connectivity index is 2.32. The predicted octanol–water partition coefficient (Wildman–Crippen LogP) is 1.18. The second-order valence-electron chi connectivity index (χ2n) is 3.33. The lowest BCUT2D eigenvalue weighted by Gasteiger charge is -2.29. The number of aliphatic hydroxyl groups is 1. The molecule has 10 heavy (non-hydrogen) atoms. The van der Waals surface area contributed by atoms with E-state index >= 15 is 0 Å². The molecule has 1 fully saturated rings. The molecule has 0 aromatic heterocycles. The molecule has 1 heterocycles. The van der Waals surface area contributed by atoms with Crippen LogP contribution in [0.15, 0.2) is 0 Å². The summed E-state index contributed by atoms with van der Waals surface area (Å²) in [6.45, 7) is 4.98. The van der Waals surface area contributed by atoms with Crippen molar-refractivity contribution < 1.29 is 9.84 Å². The lowest BCUT2D eigenvalue weighted by atomic mass is 9.97. The van der Waals surface area contributed by atoms with Crippen molar-refractivity contribution in [3.05, 3.63) is 0 Å². The van der Waals surface area contributed by atoms with Crippen LogP contribution in [0.3, 0.4) is 0 Å². The summed E-state index contributed by atoms with van der Waals surface area (Å²) < 4.78 is 5.45. The largest absolute Gasteiger partial charge is 0.393 e. The quantitative estimate of drug-likeness (QED) is 0.599. The fourth-order valence-electron chi connectivity index (χ4n) is 1.27. The first-order valence-corrected chi connectivity index (χ1v) is 4.00. The Morgan fingerprint density at radius 3 is 2.60 bits per heavy atom. The van der Waals surface area contributed by atoms with E-state index in [2.05, 4.69) is 13.8 Å². The summed E-state index contributed by atoms with van der Waals surface area (Å²) in [4.78, 5) is 0. The first-order valence-electron chi connectivity index (χ1n) is 4.00. The third-order valence-corrected chi connectivity index (χ3v) is 2.03. The Kier molecular flexibility index (Phi) is 2.69. The van der Waals surface area contributed by atoms with Crippen LogP contribution in [-0.4, -0.2) is 23.9 Å². The average Bonchev–Trinajstić information content (AvgIpc) is 1.88.